The molecule has 0 aromatic carbocycles. The Morgan fingerprint density at radius 1 is 1.56 bits per heavy atom. The molecule has 18 heavy (non-hydrogen) atoms. The molecule has 0 radical (unpaired) electrons. The van der Waals surface area contributed by atoms with E-state index >= 15 is 0 Å². The summed E-state index contributed by atoms with van der Waals surface area (Å²) in [5, 5.41) is 7.04. The van der Waals surface area contributed by atoms with Crippen LogP contribution in [0.3, 0.4) is 0 Å². The number of nitrogens with one attached hydrogen (secondary N) is 1. The molecule has 1 N–H and O–H groups in total. The van der Waals surface area contributed by atoms with Gasteiger partial charge in [0.2, 0.25) is 0 Å². The molecule has 100 valence electrons. The summed E-state index contributed by atoms with van der Waals surface area (Å²) in [5.74, 6) is 0.762. The Morgan fingerprint density at radius 3 is 2.94 bits per heavy atom. The smallest absolute Gasteiger partial charge is 0.264 e. The Hall–Kier alpha value is -0.490. The van der Waals surface area contributed by atoms with Crippen LogP contribution in [0.15, 0.2) is 0 Å². The Balaban J connectivity index is 1.93. The maximum Gasteiger partial charge on any atom is 0.264 e. The minimum atomic E-state index is -0.0275. The molecule has 1 heterocycles. The molecule has 0 spiro atoms. The third kappa shape index (κ3) is 3.09. The number of hydrogen-bond donors (Lipinski definition) is 1. The van der Waals surface area contributed by atoms with Crippen molar-refractivity contribution in [3.05, 3.63) is 10.6 Å². The van der Waals surface area contributed by atoms with Gasteiger partial charge < -0.3 is 5.32 Å². The highest BCUT2D eigenvalue weighted by Crippen LogP contribution is 2.31. The first-order chi connectivity index (χ1) is 8.59. The lowest BCUT2D eigenvalue weighted by Gasteiger charge is -2.14. The van der Waals surface area contributed by atoms with Crippen LogP contribution in [-0.4, -0.2) is 26.9 Å². The summed E-state index contributed by atoms with van der Waals surface area (Å²) in [6.07, 6.45) is 3.64. The summed E-state index contributed by atoms with van der Waals surface area (Å²) < 4.78 is 3.88. The molecular weight excluding hydrogens is 314 g/mol. The number of rotatable bonds is 4. The number of amides is 1. The maximum absolute atomic E-state index is 12.1. The zero-order valence-electron chi connectivity index (χ0n) is 10.6. The zero-order chi connectivity index (χ0) is 13.1. The van der Waals surface area contributed by atoms with E-state index in [1.54, 1.807) is 0 Å². The van der Waals surface area contributed by atoms with E-state index in [1.165, 1.54) is 30.8 Å². The number of alkyl halides is 1. The molecule has 2 unspecified atom stereocenters. The van der Waals surface area contributed by atoms with Crippen molar-refractivity contribution in [2.24, 2.45) is 5.92 Å². The van der Waals surface area contributed by atoms with Crippen LogP contribution in [0.25, 0.3) is 0 Å². The minimum absolute atomic E-state index is 0.0275. The second-order valence-electron chi connectivity index (χ2n) is 5.06. The van der Waals surface area contributed by atoms with E-state index in [-0.39, 0.29) is 11.8 Å². The number of nitrogens with zero attached hydrogens (tertiary/aromatic N) is 2. The van der Waals surface area contributed by atoms with Crippen LogP contribution in [0.4, 0.5) is 0 Å². The highest BCUT2D eigenvalue weighted by molar-refractivity contribution is 9.09. The summed E-state index contributed by atoms with van der Waals surface area (Å²) in [6, 6.07) is 0. The molecule has 0 saturated heterocycles. The average Bonchev–Trinajstić information content (AvgIpc) is 2.94. The lowest BCUT2D eigenvalue weighted by atomic mass is 10.1. The first-order valence-corrected chi connectivity index (χ1v) is 8.03. The lowest BCUT2D eigenvalue weighted by Crippen LogP contribution is -2.31. The van der Waals surface area contributed by atoms with Crippen LogP contribution in [0.5, 0.6) is 0 Å². The Labute approximate surface area is 120 Å². The molecule has 6 heteroatoms. The molecule has 0 bridgehead atoms. The van der Waals surface area contributed by atoms with Crippen molar-refractivity contribution in [3.8, 4) is 0 Å². The van der Waals surface area contributed by atoms with E-state index in [4.69, 9.17) is 0 Å². The van der Waals surface area contributed by atoms with Gasteiger partial charge in [-0.15, -0.1) is 5.10 Å². The highest BCUT2D eigenvalue weighted by Gasteiger charge is 2.26. The number of carbonyl (C=O) groups excluding carboxylic acids is 1. The van der Waals surface area contributed by atoms with Crippen molar-refractivity contribution in [3.63, 3.8) is 0 Å². The van der Waals surface area contributed by atoms with Gasteiger partial charge in [0, 0.05) is 11.4 Å². The Morgan fingerprint density at radius 2 is 2.33 bits per heavy atom. The fourth-order valence-electron chi connectivity index (χ4n) is 2.26. The van der Waals surface area contributed by atoms with Crippen LogP contribution in [0, 0.1) is 5.92 Å². The predicted octanol–water partition coefficient (Wildman–Crippen LogP) is 2.95. The van der Waals surface area contributed by atoms with Gasteiger partial charge >= 0.3 is 0 Å². The fourth-order valence-corrected chi connectivity index (χ4v) is 3.77. The van der Waals surface area contributed by atoms with Crippen molar-refractivity contribution in [2.45, 2.75) is 43.9 Å². The normalized spacial score (nSPS) is 23.6. The highest BCUT2D eigenvalue weighted by atomic mass is 79.9. The van der Waals surface area contributed by atoms with Crippen LogP contribution in [0.2, 0.25) is 0 Å². The number of aromatic nitrogens is 2. The summed E-state index contributed by atoms with van der Waals surface area (Å²) >= 11 is 4.85. The standard InChI is InChI=1S/C12H18BrN3OS/c1-7(2)10-11(18-16-15-10)12(17)14-6-8-4-3-5-9(8)13/h7-9H,3-6H2,1-2H3,(H,14,17). The van der Waals surface area contributed by atoms with E-state index in [9.17, 15) is 4.79 Å². The summed E-state index contributed by atoms with van der Waals surface area (Å²) in [4.78, 5) is 13.3. The van der Waals surface area contributed by atoms with Crippen molar-refractivity contribution in [2.75, 3.05) is 6.54 Å². The molecule has 1 aromatic heterocycles. The summed E-state index contributed by atoms with van der Waals surface area (Å²) in [6.45, 7) is 4.79. The molecule has 0 aliphatic heterocycles. The molecule has 1 fully saturated rings. The molecule has 2 atom stereocenters. The van der Waals surface area contributed by atoms with Crippen molar-refractivity contribution in [1.82, 2.24) is 14.9 Å². The van der Waals surface area contributed by atoms with E-state index in [0.29, 0.717) is 15.6 Å². The predicted molar refractivity (Wildman–Crippen MR) is 76.4 cm³/mol. The minimum Gasteiger partial charge on any atom is -0.351 e. The number of carbonyl (C=O) groups is 1. The van der Waals surface area contributed by atoms with Crippen molar-refractivity contribution in [1.29, 1.82) is 0 Å². The van der Waals surface area contributed by atoms with Gasteiger partial charge in [-0.25, -0.2) is 0 Å². The van der Waals surface area contributed by atoms with Gasteiger partial charge in [-0.2, -0.15) is 0 Å². The molecule has 1 saturated carbocycles. The zero-order valence-corrected chi connectivity index (χ0v) is 13.1. The number of halogens is 1. The van der Waals surface area contributed by atoms with Crippen molar-refractivity contribution < 1.29 is 4.79 Å². The van der Waals surface area contributed by atoms with Gasteiger partial charge in [-0.05, 0) is 36.2 Å². The van der Waals surface area contributed by atoms with Gasteiger partial charge in [0.05, 0.1) is 5.69 Å². The van der Waals surface area contributed by atoms with Gasteiger partial charge in [-0.3, -0.25) is 4.79 Å². The lowest BCUT2D eigenvalue weighted by molar-refractivity contribution is 0.0950. The topological polar surface area (TPSA) is 54.9 Å². The summed E-state index contributed by atoms with van der Waals surface area (Å²) in [5.41, 5.74) is 0.805. The Bertz CT molecular complexity index is 421. The van der Waals surface area contributed by atoms with E-state index in [1.807, 2.05) is 13.8 Å². The summed E-state index contributed by atoms with van der Waals surface area (Å²) in [7, 11) is 0. The first-order valence-electron chi connectivity index (χ1n) is 6.34. The molecule has 1 aliphatic rings. The molecule has 1 amide bonds. The molecule has 4 nitrogen and oxygen atoms in total. The largest absolute Gasteiger partial charge is 0.351 e. The van der Waals surface area contributed by atoms with E-state index in [2.05, 4.69) is 30.8 Å². The first kappa shape index (κ1) is 13.9. The van der Waals surface area contributed by atoms with E-state index < -0.39 is 0 Å². The van der Waals surface area contributed by atoms with Crippen LogP contribution >= 0.6 is 27.5 Å². The average molecular weight is 332 g/mol. The third-order valence-corrected chi connectivity index (χ3v) is 5.30. The quantitative estimate of drug-likeness (QED) is 0.863. The fraction of sp³-hybridized carbons (Fsp3) is 0.750. The molecule has 1 aromatic rings. The second kappa shape index (κ2) is 6.10. The maximum atomic E-state index is 12.1. The van der Waals surface area contributed by atoms with Crippen LogP contribution < -0.4 is 5.32 Å². The van der Waals surface area contributed by atoms with Gasteiger partial charge in [0.1, 0.15) is 4.88 Å². The van der Waals surface area contributed by atoms with Crippen LogP contribution in [0.1, 0.15) is 54.4 Å². The van der Waals surface area contributed by atoms with Gasteiger partial charge in [0.15, 0.2) is 0 Å². The van der Waals surface area contributed by atoms with Crippen LogP contribution in [-0.2, 0) is 0 Å². The van der Waals surface area contributed by atoms with E-state index in [0.717, 1.165) is 12.2 Å². The molecule has 1 aliphatic carbocycles. The van der Waals surface area contributed by atoms with Gasteiger partial charge in [0.25, 0.3) is 5.91 Å². The van der Waals surface area contributed by atoms with Gasteiger partial charge in [-0.1, -0.05) is 40.7 Å². The third-order valence-electron chi connectivity index (χ3n) is 3.36. The molecular formula is C12H18BrN3OS. The Kier molecular flexibility index (Phi) is 4.72. The monoisotopic (exact) mass is 331 g/mol. The van der Waals surface area contributed by atoms with Crippen molar-refractivity contribution >= 4 is 33.4 Å². The SMILES string of the molecule is CC(C)c1nnsc1C(=O)NCC1CCCC1Br. The molecule has 2 rings (SSSR count). The number of hydrogen-bond acceptors (Lipinski definition) is 4. The second-order valence-corrected chi connectivity index (χ2v) is 6.99.